The fourth-order valence-electron chi connectivity index (χ4n) is 2.06. The second-order valence-electron chi connectivity index (χ2n) is 4.31. The summed E-state index contributed by atoms with van der Waals surface area (Å²) in [5.74, 6) is 0.00250. The summed E-state index contributed by atoms with van der Waals surface area (Å²) in [5.41, 5.74) is 0.684. The van der Waals surface area contributed by atoms with Crippen LogP contribution in [0.3, 0.4) is 0 Å². The summed E-state index contributed by atoms with van der Waals surface area (Å²) in [4.78, 5) is 18.0. The predicted octanol–water partition coefficient (Wildman–Crippen LogP) is 0.906. The van der Waals surface area contributed by atoms with Crippen LogP contribution >= 0.6 is 0 Å². The van der Waals surface area contributed by atoms with Crippen LogP contribution in [-0.2, 0) is 0 Å². The maximum absolute atomic E-state index is 11.9. The number of nitrogens with one attached hydrogen (secondary N) is 1. The maximum atomic E-state index is 11.9. The average molecular weight is 219 g/mol. The fraction of sp³-hybridized carbons (Fsp3) is 0.500. The van der Waals surface area contributed by atoms with E-state index in [1.54, 1.807) is 24.5 Å². The lowest BCUT2D eigenvalue weighted by Crippen LogP contribution is -2.46. The molecule has 2 rings (SSSR count). The van der Waals surface area contributed by atoms with E-state index in [-0.39, 0.29) is 11.9 Å². The van der Waals surface area contributed by atoms with Crippen LogP contribution in [0.2, 0.25) is 0 Å². The lowest BCUT2D eigenvalue weighted by molar-refractivity contribution is 0.0912. The van der Waals surface area contributed by atoms with Crippen molar-refractivity contribution >= 4 is 5.91 Å². The third kappa shape index (κ3) is 2.79. The molecular formula is C12H17N3O. The Morgan fingerprint density at radius 2 is 2.25 bits per heavy atom. The number of nitrogens with zero attached hydrogens (tertiary/aromatic N) is 2. The van der Waals surface area contributed by atoms with Gasteiger partial charge in [-0.25, -0.2) is 0 Å². The third-order valence-corrected chi connectivity index (χ3v) is 2.90. The molecule has 1 atom stereocenters. The summed E-state index contributed by atoms with van der Waals surface area (Å²) in [6, 6.07) is 3.75. The van der Waals surface area contributed by atoms with Crippen molar-refractivity contribution in [3.8, 4) is 0 Å². The molecule has 0 bridgehead atoms. The van der Waals surface area contributed by atoms with Crippen molar-refractivity contribution < 1.29 is 4.79 Å². The molecule has 4 heteroatoms. The van der Waals surface area contributed by atoms with Gasteiger partial charge in [-0.15, -0.1) is 0 Å². The van der Waals surface area contributed by atoms with Gasteiger partial charge in [0.2, 0.25) is 0 Å². The summed E-state index contributed by atoms with van der Waals surface area (Å²) in [5, 5.41) is 3.06. The van der Waals surface area contributed by atoms with Crippen molar-refractivity contribution in [2.24, 2.45) is 0 Å². The molecule has 0 aliphatic carbocycles. The van der Waals surface area contributed by atoms with Gasteiger partial charge in [-0.2, -0.15) is 0 Å². The number of likely N-dealkylation sites (N-methyl/N-ethyl adjacent to an activating group) is 1. The van der Waals surface area contributed by atoms with Crippen LogP contribution in [0.1, 0.15) is 23.2 Å². The summed E-state index contributed by atoms with van der Waals surface area (Å²) in [6.45, 7) is 2.07. The second-order valence-corrected chi connectivity index (χ2v) is 4.31. The van der Waals surface area contributed by atoms with E-state index in [1.165, 1.54) is 0 Å². The highest BCUT2D eigenvalue weighted by molar-refractivity contribution is 5.94. The van der Waals surface area contributed by atoms with E-state index in [9.17, 15) is 4.79 Å². The summed E-state index contributed by atoms with van der Waals surface area (Å²) < 4.78 is 0. The van der Waals surface area contributed by atoms with Gasteiger partial charge >= 0.3 is 0 Å². The monoisotopic (exact) mass is 219 g/mol. The van der Waals surface area contributed by atoms with Crippen molar-refractivity contribution in [1.82, 2.24) is 15.2 Å². The van der Waals surface area contributed by atoms with E-state index in [4.69, 9.17) is 0 Å². The molecule has 0 saturated carbocycles. The molecule has 0 aromatic carbocycles. The van der Waals surface area contributed by atoms with E-state index < -0.39 is 0 Å². The van der Waals surface area contributed by atoms with Gasteiger partial charge in [0.15, 0.2) is 0 Å². The summed E-state index contributed by atoms with van der Waals surface area (Å²) >= 11 is 0. The molecule has 1 saturated heterocycles. The minimum atomic E-state index is 0.00250. The van der Waals surface area contributed by atoms with Crippen LogP contribution in [-0.4, -0.2) is 42.0 Å². The fourth-order valence-corrected chi connectivity index (χ4v) is 2.06. The number of carbonyl (C=O) groups excluding carboxylic acids is 1. The summed E-state index contributed by atoms with van der Waals surface area (Å²) in [7, 11) is 2.09. The Balaban J connectivity index is 1.92. The standard InChI is InChI=1S/C12H17N3O/c1-15-8-2-3-11(9-15)14-12(16)10-4-6-13-7-5-10/h4-7,11H,2-3,8-9H2,1H3,(H,14,16). The molecule has 0 radical (unpaired) electrons. The van der Waals surface area contributed by atoms with Crippen molar-refractivity contribution in [3.05, 3.63) is 30.1 Å². The lowest BCUT2D eigenvalue weighted by atomic mass is 10.1. The number of piperidine rings is 1. The molecule has 1 aliphatic rings. The minimum Gasteiger partial charge on any atom is -0.348 e. The highest BCUT2D eigenvalue weighted by Crippen LogP contribution is 2.08. The molecule has 1 amide bonds. The van der Waals surface area contributed by atoms with Crippen molar-refractivity contribution in [2.45, 2.75) is 18.9 Å². The van der Waals surface area contributed by atoms with Gasteiger partial charge in [-0.05, 0) is 38.6 Å². The smallest absolute Gasteiger partial charge is 0.251 e. The topological polar surface area (TPSA) is 45.2 Å². The Kier molecular flexibility index (Phi) is 3.51. The number of rotatable bonds is 2. The Morgan fingerprint density at radius 1 is 1.50 bits per heavy atom. The molecule has 1 unspecified atom stereocenters. The Bertz CT molecular complexity index is 353. The Hall–Kier alpha value is -1.42. The number of carbonyl (C=O) groups is 1. The minimum absolute atomic E-state index is 0.00250. The average Bonchev–Trinajstić information content (AvgIpc) is 2.30. The van der Waals surface area contributed by atoms with Crippen LogP contribution in [0.4, 0.5) is 0 Å². The molecule has 86 valence electrons. The Morgan fingerprint density at radius 3 is 2.94 bits per heavy atom. The number of hydrogen-bond acceptors (Lipinski definition) is 3. The molecule has 16 heavy (non-hydrogen) atoms. The normalized spacial score (nSPS) is 21.7. The van der Waals surface area contributed by atoms with E-state index in [0.29, 0.717) is 5.56 Å². The molecule has 1 fully saturated rings. The molecule has 0 spiro atoms. The number of aromatic nitrogens is 1. The van der Waals surface area contributed by atoms with Gasteiger partial charge in [0, 0.05) is 30.5 Å². The zero-order chi connectivity index (χ0) is 11.4. The SMILES string of the molecule is CN1CCCC(NC(=O)c2ccncc2)C1. The van der Waals surface area contributed by atoms with Crippen molar-refractivity contribution in [1.29, 1.82) is 0 Å². The first-order chi connectivity index (χ1) is 7.75. The van der Waals surface area contributed by atoms with Gasteiger partial charge in [-0.3, -0.25) is 9.78 Å². The summed E-state index contributed by atoms with van der Waals surface area (Å²) in [6.07, 6.45) is 5.50. The van der Waals surface area contributed by atoms with Crippen LogP contribution in [0, 0.1) is 0 Å². The Labute approximate surface area is 95.7 Å². The highest BCUT2D eigenvalue weighted by atomic mass is 16.1. The van der Waals surface area contributed by atoms with Gasteiger partial charge in [-0.1, -0.05) is 0 Å². The van der Waals surface area contributed by atoms with Gasteiger partial charge in [0.1, 0.15) is 0 Å². The number of pyridine rings is 1. The maximum Gasteiger partial charge on any atom is 0.251 e. The predicted molar refractivity (Wildman–Crippen MR) is 62.2 cm³/mol. The van der Waals surface area contributed by atoms with Crippen LogP contribution in [0.5, 0.6) is 0 Å². The van der Waals surface area contributed by atoms with E-state index in [1.807, 2.05) is 0 Å². The van der Waals surface area contributed by atoms with Gasteiger partial charge in [0.05, 0.1) is 0 Å². The molecule has 1 aliphatic heterocycles. The van der Waals surface area contributed by atoms with E-state index in [2.05, 4.69) is 22.2 Å². The van der Waals surface area contributed by atoms with Crippen LogP contribution in [0.25, 0.3) is 0 Å². The van der Waals surface area contributed by atoms with Crippen LogP contribution in [0.15, 0.2) is 24.5 Å². The molecule has 1 aromatic rings. The molecule has 1 N–H and O–H groups in total. The second kappa shape index (κ2) is 5.07. The van der Waals surface area contributed by atoms with Gasteiger partial charge in [0.25, 0.3) is 5.91 Å². The molecule has 1 aromatic heterocycles. The quantitative estimate of drug-likeness (QED) is 0.804. The third-order valence-electron chi connectivity index (χ3n) is 2.90. The molecule has 4 nitrogen and oxygen atoms in total. The van der Waals surface area contributed by atoms with Crippen molar-refractivity contribution in [2.75, 3.05) is 20.1 Å². The largest absolute Gasteiger partial charge is 0.348 e. The van der Waals surface area contributed by atoms with Gasteiger partial charge < -0.3 is 10.2 Å². The van der Waals surface area contributed by atoms with Crippen molar-refractivity contribution in [3.63, 3.8) is 0 Å². The number of likely N-dealkylation sites (tertiary alicyclic amines) is 1. The zero-order valence-electron chi connectivity index (χ0n) is 9.52. The van der Waals surface area contributed by atoms with Crippen LogP contribution < -0.4 is 5.32 Å². The highest BCUT2D eigenvalue weighted by Gasteiger charge is 2.19. The van der Waals surface area contributed by atoms with E-state index in [0.717, 1.165) is 25.9 Å². The lowest BCUT2D eigenvalue weighted by Gasteiger charge is -2.30. The number of hydrogen-bond donors (Lipinski definition) is 1. The first-order valence-corrected chi connectivity index (χ1v) is 5.65. The molecule has 2 heterocycles. The first kappa shape index (κ1) is 11.1. The molecular weight excluding hydrogens is 202 g/mol. The first-order valence-electron chi connectivity index (χ1n) is 5.65. The van der Waals surface area contributed by atoms with E-state index >= 15 is 0 Å². The zero-order valence-corrected chi connectivity index (χ0v) is 9.52. The number of amides is 1.